The van der Waals surface area contributed by atoms with Crippen LogP contribution < -0.4 is 5.73 Å². The summed E-state index contributed by atoms with van der Waals surface area (Å²) in [5, 5.41) is 0. The van der Waals surface area contributed by atoms with Gasteiger partial charge < -0.3 is 5.73 Å². The van der Waals surface area contributed by atoms with Gasteiger partial charge in [-0.05, 0) is 40.8 Å². The van der Waals surface area contributed by atoms with Crippen LogP contribution >= 0.6 is 0 Å². The summed E-state index contributed by atoms with van der Waals surface area (Å²) in [5.41, 5.74) is 9.20. The van der Waals surface area contributed by atoms with Gasteiger partial charge in [0.1, 0.15) is 0 Å². The molecule has 1 aromatic rings. The van der Waals surface area contributed by atoms with Crippen LogP contribution in [0.4, 0.5) is 0 Å². The highest BCUT2D eigenvalue weighted by Crippen LogP contribution is 2.29. The van der Waals surface area contributed by atoms with Gasteiger partial charge in [-0.2, -0.15) is 0 Å². The van der Waals surface area contributed by atoms with E-state index in [9.17, 15) is 0 Å². The molecule has 1 unspecified atom stereocenters. The first kappa shape index (κ1) is 15.2. The van der Waals surface area contributed by atoms with Gasteiger partial charge in [-0.25, -0.2) is 0 Å². The Morgan fingerprint density at radius 1 is 0.944 bits per heavy atom. The minimum absolute atomic E-state index is 0.232. The highest BCUT2D eigenvalue weighted by atomic mass is 14.6. The van der Waals surface area contributed by atoms with Gasteiger partial charge in [-0.15, -0.1) is 0 Å². The van der Waals surface area contributed by atoms with E-state index in [2.05, 4.69) is 65.8 Å². The number of rotatable bonds is 3. The maximum atomic E-state index is 5.91. The average molecular weight is 247 g/mol. The van der Waals surface area contributed by atoms with E-state index in [0.29, 0.717) is 5.92 Å². The van der Waals surface area contributed by atoms with E-state index in [-0.39, 0.29) is 10.8 Å². The average Bonchev–Trinajstić information content (AvgIpc) is 2.23. The molecule has 0 aliphatic carbocycles. The summed E-state index contributed by atoms with van der Waals surface area (Å²) < 4.78 is 0. The molecule has 0 heterocycles. The molecule has 1 heteroatoms. The Bertz CT molecular complexity index is 362. The van der Waals surface area contributed by atoms with Crippen molar-refractivity contribution in [2.45, 2.75) is 53.4 Å². The van der Waals surface area contributed by atoms with Crippen LogP contribution in [0.5, 0.6) is 0 Å². The summed E-state index contributed by atoms with van der Waals surface area (Å²) in [6, 6.07) is 9.03. The molecule has 2 N–H and O–H groups in total. The van der Waals surface area contributed by atoms with E-state index in [0.717, 1.165) is 13.0 Å². The van der Waals surface area contributed by atoms with Crippen LogP contribution in [0.2, 0.25) is 0 Å². The van der Waals surface area contributed by atoms with Gasteiger partial charge in [-0.1, -0.05) is 65.8 Å². The summed E-state index contributed by atoms with van der Waals surface area (Å²) in [4.78, 5) is 0. The highest BCUT2D eigenvalue weighted by molar-refractivity contribution is 5.27. The molecule has 0 fully saturated rings. The van der Waals surface area contributed by atoms with E-state index in [4.69, 9.17) is 5.73 Å². The lowest BCUT2D eigenvalue weighted by Crippen LogP contribution is -2.29. The lowest BCUT2D eigenvalue weighted by molar-refractivity contribution is 0.246. The fraction of sp³-hybridized carbons (Fsp3) is 0.647. The molecule has 0 spiro atoms. The molecule has 0 amide bonds. The number of hydrogen-bond donors (Lipinski definition) is 1. The highest BCUT2D eigenvalue weighted by Gasteiger charge is 2.23. The van der Waals surface area contributed by atoms with Crippen LogP contribution in [0.15, 0.2) is 24.3 Å². The van der Waals surface area contributed by atoms with Crippen LogP contribution in [0, 0.1) is 11.3 Å². The molecule has 0 saturated carbocycles. The van der Waals surface area contributed by atoms with Gasteiger partial charge in [0.2, 0.25) is 0 Å². The van der Waals surface area contributed by atoms with Crippen molar-refractivity contribution in [1.82, 2.24) is 0 Å². The van der Waals surface area contributed by atoms with E-state index >= 15 is 0 Å². The van der Waals surface area contributed by atoms with Crippen molar-refractivity contribution < 1.29 is 0 Å². The van der Waals surface area contributed by atoms with Gasteiger partial charge in [-0.3, -0.25) is 0 Å². The van der Waals surface area contributed by atoms with Crippen LogP contribution in [0.3, 0.4) is 0 Å². The Balaban J connectivity index is 2.81. The normalized spacial score (nSPS) is 14.6. The quantitative estimate of drug-likeness (QED) is 0.853. The Morgan fingerprint density at radius 2 is 1.44 bits per heavy atom. The minimum Gasteiger partial charge on any atom is -0.330 e. The predicted molar refractivity (Wildman–Crippen MR) is 80.8 cm³/mol. The monoisotopic (exact) mass is 247 g/mol. The lowest BCUT2D eigenvalue weighted by Gasteiger charge is -2.30. The van der Waals surface area contributed by atoms with Gasteiger partial charge in [0, 0.05) is 0 Å². The second-order valence-electron chi connectivity index (χ2n) is 7.45. The third-order valence-corrected chi connectivity index (χ3v) is 3.81. The SMILES string of the molecule is CC(C)(C)c1ccc(CC(CN)C(C)(C)C)cc1. The molecular weight excluding hydrogens is 218 g/mol. The van der Waals surface area contributed by atoms with Crippen molar-refractivity contribution in [3.05, 3.63) is 35.4 Å². The van der Waals surface area contributed by atoms with Gasteiger partial charge >= 0.3 is 0 Å². The molecule has 1 atom stereocenters. The summed E-state index contributed by atoms with van der Waals surface area (Å²) in [6.07, 6.45) is 1.07. The second kappa shape index (κ2) is 5.44. The summed E-state index contributed by atoms with van der Waals surface area (Å²) >= 11 is 0. The first-order valence-electron chi connectivity index (χ1n) is 6.94. The zero-order chi connectivity index (χ0) is 14.0. The summed E-state index contributed by atoms with van der Waals surface area (Å²) in [6.45, 7) is 14.3. The maximum Gasteiger partial charge on any atom is -0.00407 e. The Morgan fingerprint density at radius 3 is 1.78 bits per heavy atom. The van der Waals surface area contributed by atoms with Crippen molar-refractivity contribution >= 4 is 0 Å². The molecule has 102 valence electrons. The van der Waals surface area contributed by atoms with E-state index in [1.807, 2.05) is 0 Å². The van der Waals surface area contributed by atoms with E-state index in [1.54, 1.807) is 0 Å². The first-order chi connectivity index (χ1) is 8.14. The first-order valence-corrected chi connectivity index (χ1v) is 6.94. The second-order valence-corrected chi connectivity index (χ2v) is 7.45. The predicted octanol–water partition coefficient (Wildman–Crippen LogP) is 4.15. The summed E-state index contributed by atoms with van der Waals surface area (Å²) in [7, 11) is 0. The third-order valence-electron chi connectivity index (χ3n) is 3.81. The van der Waals surface area contributed by atoms with Gasteiger partial charge in [0.05, 0.1) is 0 Å². The smallest absolute Gasteiger partial charge is 0.00407 e. The van der Waals surface area contributed by atoms with Gasteiger partial charge in [0.15, 0.2) is 0 Å². The lowest BCUT2D eigenvalue weighted by atomic mass is 9.77. The van der Waals surface area contributed by atoms with Crippen LogP contribution in [0.25, 0.3) is 0 Å². The molecule has 18 heavy (non-hydrogen) atoms. The molecule has 1 aromatic carbocycles. The minimum atomic E-state index is 0.232. The number of hydrogen-bond acceptors (Lipinski definition) is 1. The Hall–Kier alpha value is -0.820. The Labute approximate surface area is 113 Å². The van der Waals surface area contributed by atoms with Crippen molar-refractivity contribution in [2.75, 3.05) is 6.54 Å². The van der Waals surface area contributed by atoms with Crippen molar-refractivity contribution in [1.29, 1.82) is 0 Å². The molecular formula is C17H29N. The van der Waals surface area contributed by atoms with E-state index in [1.165, 1.54) is 11.1 Å². The van der Waals surface area contributed by atoms with E-state index < -0.39 is 0 Å². The molecule has 1 rings (SSSR count). The van der Waals surface area contributed by atoms with Crippen molar-refractivity contribution in [2.24, 2.45) is 17.1 Å². The van der Waals surface area contributed by atoms with Crippen molar-refractivity contribution in [3.8, 4) is 0 Å². The van der Waals surface area contributed by atoms with Crippen LogP contribution in [-0.4, -0.2) is 6.54 Å². The zero-order valence-electron chi connectivity index (χ0n) is 12.9. The van der Waals surface area contributed by atoms with Crippen LogP contribution in [-0.2, 0) is 11.8 Å². The molecule has 0 aliphatic rings. The van der Waals surface area contributed by atoms with Crippen LogP contribution in [0.1, 0.15) is 52.7 Å². The fourth-order valence-electron chi connectivity index (χ4n) is 2.17. The Kier molecular flexibility index (Phi) is 4.61. The topological polar surface area (TPSA) is 26.0 Å². The van der Waals surface area contributed by atoms with Crippen molar-refractivity contribution in [3.63, 3.8) is 0 Å². The fourth-order valence-corrected chi connectivity index (χ4v) is 2.17. The molecule has 0 radical (unpaired) electrons. The number of nitrogens with two attached hydrogens (primary N) is 1. The third kappa shape index (κ3) is 4.13. The van der Waals surface area contributed by atoms with Gasteiger partial charge in [0.25, 0.3) is 0 Å². The molecule has 1 nitrogen and oxygen atoms in total. The largest absolute Gasteiger partial charge is 0.330 e. The maximum absolute atomic E-state index is 5.91. The number of benzene rings is 1. The zero-order valence-corrected chi connectivity index (χ0v) is 12.9. The molecule has 0 aliphatic heterocycles. The molecule has 0 aromatic heterocycles. The standard InChI is InChI=1S/C17H29N/c1-16(2,3)14-9-7-13(8-10-14)11-15(12-18)17(4,5)6/h7-10,15H,11-12,18H2,1-6H3. The molecule has 0 saturated heterocycles. The summed E-state index contributed by atoms with van der Waals surface area (Å²) in [5.74, 6) is 0.540. The molecule has 0 bridgehead atoms.